The highest BCUT2D eigenvalue weighted by molar-refractivity contribution is 7.89. The van der Waals surface area contributed by atoms with Crippen LogP contribution in [0.1, 0.15) is 23.2 Å². The summed E-state index contributed by atoms with van der Waals surface area (Å²) in [6, 6.07) is 6.36. The Morgan fingerprint density at radius 2 is 1.79 bits per heavy atom. The molecule has 6 nitrogen and oxygen atoms in total. The predicted molar refractivity (Wildman–Crippen MR) is 92.3 cm³/mol. The Bertz CT molecular complexity index is 704. The summed E-state index contributed by atoms with van der Waals surface area (Å²) >= 11 is 0. The second-order valence-electron chi connectivity index (χ2n) is 6.86. The van der Waals surface area contributed by atoms with Crippen molar-refractivity contribution < 1.29 is 13.2 Å². The van der Waals surface area contributed by atoms with Crippen molar-refractivity contribution in [1.29, 1.82) is 0 Å². The lowest BCUT2D eigenvalue weighted by Crippen LogP contribution is -2.33. The fourth-order valence-electron chi connectivity index (χ4n) is 3.60. The van der Waals surface area contributed by atoms with E-state index in [2.05, 4.69) is 5.32 Å². The van der Waals surface area contributed by atoms with Gasteiger partial charge < -0.3 is 10.2 Å². The van der Waals surface area contributed by atoms with Crippen molar-refractivity contribution in [2.24, 2.45) is 11.8 Å². The topological polar surface area (TPSA) is 69.7 Å². The summed E-state index contributed by atoms with van der Waals surface area (Å²) in [5.74, 6) is 1.24. The molecule has 3 rings (SSSR count). The third-order valence-corrected chi connectivity index (χ3v) is 6.98. The fraction of sp³-hybridized carbons (Fsp3) is 0.588. The number of benzene rings is 1. The number of nitrogens with zero attached hydrogens (tertiary/aromatic N) is 2. The zero-order valence-electron chi connectivity index (χ0n) is 14.2. The third kappa shape index (κ3) is 3.34. The van der Waals surface area contributed by atoms with E-state index < -0.39 is 10.0 Å². The van der Waals surface area contributed by atoms with E-state index in [4.69, 9.17) is 0 Å². The summed E-state index contributed by atoms with van der Waals surface area (Å²) in [6.07, 6.45) is 2.03. The third-order valence-electron chi connectivity index (χ3n) is 5.17. The number of hydrogen-bond donors (Lipinski definition) is 1. The lowest BCUT2D eigenvalue weighted by molar-refractivity contribution is 0.0758. The standard InChI is InChI=1S/C17H25N3O3S/c1-19(2)24(22,23)16-5-3-4-13(10-16)17(21)20-8-6-14-11-18-12-15(14)7-9-20/h3-5,10,14-15,18H,6-9,11-12H2,1-2H3/t14-,15+. The number of likely N-dealkylation sites (tertiary alicyclic amines) is 1. The van der Waals surface area contributed by atoms with E-state index in [0.717, 1.165) is 43.3 Å². The zero-order valence-corrected chi connectivity index (χ0v) is 15.1. The van der Waals surface area contributed by atoms with E-state index in [-0.39, 0.29) is 10.8 Å². The van der Waals surface area contributed by atoms with Crippen LogP contribution < -0.4 is 5.32 Å². The van der Waals surface area contributed by atoms with Crippen molar-refractivity contribution in [2.45, 2.75) is 17.7 Å². The second-order valence-corrected chi connectivity index (χ2v) is 9.02. The second kappa shape index (κ2) is 6.82. The molecule has 0 saturated carbocycles. The van der Waals surface area contributed by atoms with Gasteiger partial charge in [0.1, 0.15) is 0 Å². The number of carbonyl (C=O) groups is 1. The Labute approximate surface area is 143 Å². The van der Waals surface area contributed by atoms with Crippen LogP contribution in [0.5, 0.6) is 0 Å². The van der Waals surface area contributed by atoms with Gasteiger partial charge in [-0.1, -0.05) is 6.07 Å². The zero-order chi connectivity index (χ0) is 17.3. The van der Waals surface area contributed by atoms with Gasteiger partial charge in [-0.3, -0.25) is 4.79 Å². The van der Waals surface area contributed by atoms with Crippen LogP contribution in [0, 0.1) is 11.8 Å². The average Bonchev–Trinajstić information content (AvgIpc) is 2.93. The number of sulfonamides is 1. The van der Waals surface area contributed by atoms with Crippen molar-refractivity contribution in [2.75, 3.05) is 40.3 Å². The maximum absolute atomic E-state index is 12.8. The molecule has 2 aliphatic rings. The summed E-state index contributed by atoms with van der Waals surface area (Å²) in [5.41, 5.74) is 0.447. The average molecular weight is 351 g/mol. The van der Waals surface area contributed by atoms with Crippen LogP contribution in [0.2, 0.25) is 0 Å². The molecular weight excluding hydrogens is 326 g/mol. The van der Waals surface area contributed by atoms with Gasteiger partial charge in [-0.05, 0) is 56.0 Å². The molecule has 0 aliphatic carbocycles. The first-order valence-corrected chi connectivity index (χ1v) is 9.86. The predicted octanol–water partition coefficient (Wildman–Crippen LogP) is 1.01. The molecule has 24 heavy (non-hydrogen) atoms. The summed E-state index contributed by atoms with van der Waals surface area (Å²) in [4.78, 5) is 14.9. The Hall–Kier alpha value is -1.44. The summed E-state index contributed by atoms with van der Waals surface area (Å²) in [6.45, 7) is 3.57. The normalized spacial score (nSPS) is 24.7. The first-order chi connectivity index (χ1) is 11.4. The van der Waals surface area contributed by atoms with E-state index in [0.29, 0.717) is 17.4 Å². The van der Waals surface area contributed by atoms with Gasteiger partial charge in [0.05, 0.1) is 4.90 Å². The lowest BCUT2D eigenvalue weighted by atomic mass is 9.92. The van der Waals surface area contributed by atoms with E-state index in [1.54, 1.807) is 12.1 Å². The number of carbonyl (C=O) groups excluding carboxylic acids is 1. The first-order valence-electron chi connectivity index (χ1n) is 8.42. The highest BCUT2D eigenvalue weighted by atomic mass is 32.2. The largest absolute Gasteiger partial charge is 0.339 e. The quantitative estimate of drug-likeness (QED) is 0.882. The Balaban J connectivity index is 1.78. The molecule has 1 aromatic carbocycles. The molecule has 2 heterocycles. The maximum Gasteiger partial charge on any atom is 0.253 e. The molecule has 2 saturated heterocycles. The molecule has 0 radical (unpaired) electrons. The minimum Gasteiger partial charge on any atom is -0.339 e. The van der Waals surface area contributed by atoms with Gasteiger partial charge in [0.25, 0.3) is 5.91 Å². The molecule has 132 valence electrons. The minimum atomic E-state index is -3.53. The minimum absolute atomic E-state index is 0.0706. The maximum atomic E-state index is 12.8. The number of rotatable bonds is 3. The van der Waals surface area contributed by atoms with Crippen LogP contribution >= 0.6 is 0 Å². The van der Waals surface area contributed by atoms with E-state index in [9.17, 15) is 13.2 Å². The van der Waals surface area contributed by atoms with Crippen molar-refractivity contribution in [3.05, 3.63) is 29.8 Å². The molecule has 0 spiro atoms. The molecule has 1 N–H and O–H groups in total. The molecule has 2 aliphatic heterocycles. The van der Waals surface area contributed by atoms with E-state index in [1.807, 2.05) is 4.90 Å². The fourth-order valence-corrected chi connectivity index (χ4v) is 4.55. The molecule has 0 bridgehead atoms. The summed E-state index contributed by atoms with van der Waals surface area (Å²) in [7, 11) is -0.546. The Morgan fingerprint density at radius 1 is 1.17 bits per heavy atom. The molecule has 0 unspecified atom stereocenters. The number of amides is 1. The molecule has 1 amide bonds. The van der Waals surface area contributed by atoms with Crippen molar-refractivity contribution in [3.63, 3.8) is 0 Å². The van der Waals surface area contributed by atoms with Crippen molar-refractivity contribution in [3.8, 4) is 0 Å². The van der Waals surface area contributed by atoms with Crippen LogP contribution in [0.3, 0.4) is 0 Å². The molecule has 2 fully saturated rings. The molecule has 7 heteroatoms. The molecule has 0 aromatic heterocycles. The van der Waals surface area contributed by atoms with Crippen LogP contribution in [0.15, 0.2) is 29.2 Å². The van der Waals surface area contributed by atoms with E-state index >= 15 is 0 Å². The van der Waals surface area contributed by atoms with Gasteiger partial charge in [0, 0.05) is 32.7 Å². The number of nitrogens with one attached hydrogen (secondary N) is 1. The number of fused-ring (bicyclic) bond motifs is 1. The first kappa shape index (κ1) is 17.4. The van der Waals surface area contributed by atoms with Crippen LogP contribution in [-0.2, 0) is 10.0 Å². The Morgan fingerprint density at radius 3 is 2.38 bits per heavy atom. The lowest BCUT2D eigenvalue weighted by Gasteiger charge is -2.21. The van der Waals surface area contributed by atoms with Crippen molar-refractivity contribution in [1.82, 2.24) is 14.5 Å². The van der Waals surface area contributed by atoms with Gasteiger partial charge in [0.2, 0.25) is 10.0 Å². The molecular formula is C17H25N3O3S. The smallest absolute Gasteiger partial charge is 0.253 e. The van der Waals surface area contributed by atoms with Crippen molar-refractivity contribution >= 4 is 15.9 Å². The molecule has 2 atom stereocenters. The Kier molecular flexibility index (Phi) is 4.94. The SMILES string of the molecule is CN(C)S(=O)(=O)c1cccc(C(=O)N2CC[C@@H]3CNC[C@@H]3CC2)c1. The summed E-state index contributed by atoms with van der Waals surface area (Å²) in [5, 5.41) is 3.43. The highest BCUT2D eigenvalue weighted by Crippen LogP contribution is 2.28. The van der Waals surface area contributed by atoms with Crippen LogP contribution in [-0.4, -0.2) is 63.8 Å². The summed E-state index contributed by atoms with van der Waals surface area (Å²) < 4.78 is 25.7. The van der Waals surface area contributed by atoms with Crippen LogP contribution in [0.25, 0.3) is 0 Å². The molecule has 1 aromatic rings. The number of hydrogen-bond acceptors (Lipinski definition) is 4. The van der Waals surface area contributed by atoms with Gasteiger partial charge >= 0.3 is 0 Å². The van der Waals surface area contributed by atoms with Gasteiger partial charge in [-0.2, -0.15) is 0 Å². The van der Waals surface area contributed by atoms with Gasteiger partial charge in [-0.15, -0.1) is 0 Å². The van der Waals surface area contributed by atoms with Gasteiger partial charge in [-0.25, -0.2) is 12.7 Å². The van der Waals surface area contributed by atoms with Crippen LogP contribution in [0.4, 0.5) is 0 Å². The van der Waals surface area contributed by atoms with Gasteiger partial charge in [0.15, 0.2) is 0 Å². The van der Waals surface area contributed by atoms with E-state index in [1.165, 1.54) is 26.2 Å². The monoisotopic (exact) mass is 351 g/mol. The highest BCUT2D eigenvalue weighted by Gasteiger charge is 2.32.